The molecule has 0 saturated heterocycles. The Morgan fingerprint density at radius 2 is 1.92 bits per heavy atom. The van der Waals surface area contributed by atoms with Gasteiger partial charge in [0, 0.05) is 17.8 Å². The molecule has 3 nitrogen and oxygen atoms in total. The molecule has 0 saturated carbocycles. The summed E-state index contributed by atoms with van der Waals surface area (Å²) in [5.74, 6) is 0. The minimum absolute atomic E-state index is 0.436. The van der Waals surface area contributed by atoms with Crippen molar-refractivity contribution in [2.75, 3.05) is 0 Å². The molecule has 0 aromatic carbocycles. The molecule has 0 aliphatic carbocycles. The van der Waals surface area contributed by atoms with Gasteiger partial charge in [-0.15, -0.1) is 0 Å². The predicted octanol–water partition coefficient (Wildman–Crippen LogP) is 2.20. The molecule has 0 fully saturated rings. The number of nitrogens with zero attached hydrogens (tertiary/aromatic N) is 2. The highest BCUT2D eigenvalue weighted by Crippen LogP contribution is 2.16. The number of carbonyl (C=O) groups is 1. The molecule has 0 N–H and O–H groups in total. The zero-order valence-corrected chi connectivity index (χ0v) is 8.15. The monoisotopic (exact) mass is 236 g/mol. The Balaban J connectivity index is 2.74. The van der Waals surface area contributed by atoms with E-state index in [2.05, 4.69) is 25.9 Å². The van der Waals surface area contributed by atoms with Crippen LogP contribution in [0.25, 0.3) is 10.8 Å². The lowest BCUT2D eigenvalue weighted by Gasteiger charge is -1.97. The summed E-state index contributed by atoms with van der Waals surface area (Å²) in [6.45, 7) is 0. The maximum absolute atomic E-state index is 10.4. The lowest BCUT2D eigenvalue weighted by atomic mass is 10.2. The summed E-state index contributed by atoms with van der Waals surface area (Å²) in [5.41, 5.74) is 0.436. The van der Waals surface area contributed by atoms with Crippen LogP contribution in [-0.2, 0) is 0 Å². The third-order valence-corrected chi connectivity index (χ3v) is 2.15. The van der Waals surface area contributed by atoms with Crippen molar-refractivity contribution in [3.8, 4) is 0 Å². The van der Waals surface area contributed by atoms with E-state index in [9.17, 15) is 4.79 Å². The fourth-order valence-electron chi connectivity index (χ4n) is 1.09. The van der Waals surface area contributed by atoms with Crippen LogP contribution in [0.15, 0.2) is 29.1 Å². The summed E-state index contributed by atoms with van der Waals surface area (Å²) in [6.07, 6.45) is 4.08. The molecule has 0 aliphatic rings. The van der Waals surface area contributed by atoms with E-state index in [0.717, 1.165) is 21.7 Å². The largest absolute Gasteiger partial charge is 0.296 e. The van der Waals surface area contributed by atoms with E-state index >= 15 is 0 Å². The predicted molar refractivity (Wildman–Crippen MR) is 52.6 cm³/mol. The van der Waals surface area contributed by atoms with Crippen molar-refractivity contribution in [1.82, 2.24) is 9.97 Å². The quantitative estimate of drug-likeness (QED) is 0.564. The summed E-state index contributed by atoms with van der Waals surface area (Å²) in [6, 6.07) is 3.58. The number of halogens is 1. The molecular weight excluding hydrogens is 232 g/mol. The van der Waals surface area contributed by atoms with Gasteiger partial charge in [-0.25, -0.2) is 4.98 Å². The van der Waals surface area contributed by atoms with Crippen LogP contribution >= 0.6 is 15.9 Å². The molecular formula is C9H5BrN2O. The molecule has 0 unspecified atom stereocenters. The Kier molecular flexibility index (Phi) is 2.06. The maximum Gasteiger partial charge on any atom is 0.168 e. The van der Waals surface area contributed by atoms with Crippen molar-refractivity contribution < 1.29 is 4.79 Å². The first kappa shape index (κ1) is 8.31. The number of fused-ring (bicyclic) bond motifs is 1. The number of carbonyl (C=O) groups excluding carboxylic acids is 1. The number of aromatic nitrogens is 2. The van der Waals surface area contributed by atoms with E-state index in [4.69, 9.17) is 0 Å². The smallest absolute Gasteiger partial charge is 0.168 e. The first-order valence-electron chi connectivity index (χ1n) is 3.66. The third kappa shape index (κ3) is 1.58. The Bertz CT molecular complexity index is 470. The van der Waals surface area contributed by atoms with Crippen LogP contribution in [0.2, 0.25) is 0 Å². The molecule has 2 aromatic rings. The molecule has 13 heavy (non-hydrogen) atoms. The molecule has 4 heteroatoms. The van der Waals surface area contributed by atoms with E-state index in [1.54, 1.807) is 18.5 Å². The average Bonchev–Trinajstić information content (AvgIpc) is 2.16. The molecule has 2 aromatic heterocycles. The number of rotatable bonds is 1. The molecule has 64 valence electrons. The van der Waals surface area contributed by atoms with E-state index in [1.165, 1.54) is 0 Å². The zero-order valence-electron chi connectivity index (χ0n) is 6.57. The van der Waals surface area contributed by atoms with Gasteiger partial charge in [0.2, 0.25) is 0 Å². The highest BCUT2D eigenvalue weighted by molar-refractivity contribution is 9.10. The van der Waals surface area contributed by atoms with Gasteiger partial charge >= 0.3 is 0 Å². The van der Waals surface area contributed by atoms with Crippen LogP contribution in [0.1, 0.15) is 10.5 Å². The van der Waals surface area contributed by atoms with Crippen molar-refractivity contribution in [3.05, 3.63) is 34.8 Å². The van der Waals surface area contributed by atoms with E-state index in [1.807, 2.05) is 6.07 Å². The van der Waals surface area contributed by atoms with Crippen LogP contribution in [0.4, 0.5) is 0 Å². The highest BCUT2D eigenvalue weighted by atomic mass is 79.9. The summed E-state index contributed by atoms with van der Waals surface area (Å²) in [5, 5.41) is 1.88. The fraction of sp³-hybridized carbons (Fsp3) is 0. The molecule has 0 radical (unpaired) electrons. The second-order valence-corrected chi connectivity index (χ2v) is 3.39. The normalized spacial score (nSPS) is 10.2. The number of pyridine rings is 2. The van der Waals surface area contributed by atoms with Crippen LogP contribution in [0.3, 0.4) is 0 Å². The van der Waals surface area contributed by atoms with Gasteiger partial charge in [0.1, 0.15) is 10.3 Å². The Hall–Kier alpha value is -1.29. The van der Waals surface area contributed by atoms with Crippen molar-refractivity contribution >= 4 is 33.0 Å². The molecule has 0 atom stereocenters. The van der Waals surface area contributed by atoms with Crippen LogP contribution < -0.4 is 0 Å². The summed E-state index contributed by atoms with van der Waals surface area (Å²) in [4.78, 5) is 18.4. The Morgan fingerprint density at radius 3 is 2.69 bits per heavy atom. The van der Waals surface area contributed by atoms with Crippen LogP contribution in [0, 0.1) is 0 Å². The van der Waals surface area contributed by atoms with Crippen molar-refractivity contribution in [2.24, 2.45) is 0 Å². The standard InChI is InChI=1S/C9H5BrN2O/c10-9-2-6-1-8(5-13)11-3-7(6)4-12-9/h1-5H. The Morgan fingerprint density at radius 1 is 1.15 bits per heavy atom. The highest BCUT2D eigenvalue weighted by Gasteiger charge is 1.97. The first-order chi connectivity index (χ1) is 6.29. The Labute approximate surface area is 82.9 Å². The lowest BCUT2D eigenvalue weighted by molar-refractivity contribution is 0.111. The van der Waals surface area contributed by atoms with E-state index in [0.29, 0.717) is 5.69 Å². The molecule has 0 spiro atoms. The van der Waals surface area contributed by atoms with Gasteiger partial charge in [-0.1, -0.05) is 0 Å². The number of aldehydes is 1. The second-order valence-electron chi connectivity index (χ2n) is 2.58. The zero-order chi connectivity index (χ0) is 9.26. The molecule has 2 heterocycles. The number of hydrogen-bond donors (Lipinski definition) is 0. The average molecular weight is 237 g/mol. The van der Waals surface area contributed by atoms with Crippen LogP contribution in [-0.4, -0.2) is 16.3 Å². The summed E-state index contributed by atoms with van der Waals surface area (Å²) in [7, 11) is 0. The summed E-state index contributed by atoms with van der Waals surface area (Å²) >= 11 is 3.26. The van der Waals surface area contributed by atoms with Crippen LogP contribution in [0.5, 0.6) is 0 Å². The van der Waals surface area contributed by atoms with Gasteiger partial charge in [-0.3, -0.25) is 9.78 Å². The van der Waals surface area contributed by atoms with Gasteiger partial charge < -0.3 is 0 Å². The van der Waals surface area contributed by atoms with E-state index in [-0.39, 0.29) is 0 Å². The SMILES string of the molecule is O=Cc1cc2cc(Br)ncc2cn1. The summed E-state index contributed by atoms with van der Waals surface area (Å²) < 4.78 is 0.753. The van der Waals surface area contributed by atoms with Gasteiger partial charge in [-0.2, -0.15) is 0 Å². The van der Waals surface area contributed by atoms with Gasteiger partial charge in [0.25, 0.3) is 0 Å². The van der Waals surface area contributed by atoms with Crippen molar-refractivity contribution in [1.29, 1.82) is 0 Å². The minimum Gasteiger partial charge on any atom is -0.296 e. The number of hydrogen-bond acceptors (Lipinski definition) is 3. The van der Waals surface area contributed by atoms with E-state index < -0.39 is 0 Å². The topological polar surface area (TPSA) is 42.9 Å². The lowest BCUT2D eigenvalue weighted by Crippen LogP contribution is -1.86. The molecule has 0 bridgehead atoms. The van der Waals surface area contributed by atoms with Gasteiger partial charge in [-0.05, 0) is 33.4 Å². The molecule has 0 aliphatic heterocycles. The minimum atomic E-state index is 0.436. The first-order valence-corrected chi connectivity index (χ1v) is 4.45. The molecule has 2 rings (SSSR count). The van der Waals surface area contributed by atoms with Gasteiger partial charge in [0.05, 0.1) is 0 Å². The fourth-order valence-corrected chi connectivity index (χ4v) is 1.44. The molecule has 0 amide bonds. The van der Waals surface area contributed by atoms with Gasteiger partial charge in [0.15, 0.2) is 6.29 Å². The van der Waals surface area contributed by atoms with Crippen molar-refractivity contribution in [2.45, 2.75) is 0 Å². The third-order valence-electron chi connectivity index (χ3n) is 1.71. The second kappa shape index (κ2) is 3.22. The maximum atomic E-state index is 10.4. The van der Waals surface area contributed by atoms with Crippen molar-refractivity contribution in [3.63, 3.8) is 0 Å².